The standard InChI is InChI=1S/C16H31N3O3.HI/c1-17-16(18-13-15-5-3-11-22-15)19-8-6-14(7-9-19)21-12-4-10-20-2;/h14-15H,3-13H2,1-2H3,(H,17,18);1H. The molecule has 0 bridgehead atoms. The fraction of sp³-hybridized carbons (Fsp3) is 0.938. The van der Waals surface area contributed by atoms with Crippen molar-refractivity contribution >= 4 is 29.9 Å². The molecule has 6 nitrogen and oxygen atoms in total. The smallest absolute Gasteiger partial charge is 0.193 e. The maximum absolute atomic E-state index is 5.90. The van der Waals surface area contributed by atoms with E-state index < -0.39 is 0 Å². The monoisotopic (exact) mass is 441 g/mol. The third-order valence-electron chi connectivity index (χ3n) is 4.31. The molecule has 136 valence electrons. The van der Waals surface area contributed by atoms with Crippen LogP contribution in [-0.2, 0) is 14.2 Å². The molecule has 2 saturated heterocycles. The molecular formula is C16H32IN3O3. The van der Waals surface area contributed by atoms with E-state index in [4.69, 9.17) is 14.2 Å². The largest absolute Gasteiger partial charge is 0.385 e. The number of methoxy groups -OCH3 is 1. The molecule has 2 aliphatic heterocycles. The van der Waals surface area contributed by atoms with E-state index in [1.165, 1.54) is 6.42 Å². The van der Waals surface area contributed by atoms with Crippen LogP contribution in [-0.4, -0.2) is 76.7 Å². The van der Waals surface area contributed by atoms with Crippen molar-refractivity contribution < 1.29 is 14.2 Å². The quantitative estimate of drug-likeness (QED) is 0.283. The van der Waals surface area contributed by atoms with Gasteiger partial charge in [0.1, 0.15) is 0 Å². The normalized spacial score (nSPS) is 23.0. The molecular weight excluding hydrogens is 409 g/mol. The molecule has 7 heteroatoms. The van der Waals surface area contributed by atoms with Gasteiger partial charge in [0, 0.05) is 53.6 Å². The van der Waals surface area contributed by atoms with E-state index >= 15 is 0 Å². The minimum atomic E-state index is 0. The molecule has 0 spiro atoms. The van der Waals surface area contributed by atoms with Crippen LogP contribution >= 0.6 is 24.0 Å². The first kappa shape index (κ1) is 20.9. The van der Waals surface area contributed by atoms with Crippen LogP contribution in [0.4, 0.5) is 0 Å². The zero-order chi connectivity index (χ0) is 15.6. The van der Waals surface area contributed by atoms with Crippen LogP contribution < -0.4 is 5.32 Å². The van der Waals surface area contributed by atoms with Crippen LogP contribution in [0.15, 0.2) is 4.99 Å². The predicted molar refractivity (Wildman–Crippen MR) is 103 cm³/mol. The molecule has 0 saturated carbocycles. The number of guanidine groups is 1. The average Bonchev–Trinajstić information content (AvgIpc) is 3.07. The highest BCUT2D eigenvalue weighted by Gasteiger charge is 2.23. The highest BCUT2D eigenvalue weighted by atomic mass is 127. The Kier molecular flexibility index (Phi) is 11.2. The van der Waals surface area contributed by atoms with Crippen LogP contribution in [0.2, 0.25) is 0 Å². The number of hydrogen-bond acceptors (Lipinski definition) is 4. The van der Waals surface area contributed by atoms with E-state index in [1.807, 2.05) is 7.05 Å². The average molecular weight is 441 g/mol. The first-order valence-corrected chi connectivity index (χ1v) is 8.51. The van der Waals surface area contributed by atoms with Crippen LogP contribution in [0.25, 0.3) is 0 Å². The lowest BCUT2D eigenvalue weighted by molar-refractivity contribution is 0.00977. The zero-order valence-corrected chi connectivity index (χ0v) is 16.8. The summed E-state index contributed by atoms with van der Waals surface area (Å²) in [6.45, 7) is 5.33. The lowest BCUT2D eigenvalue weighted by atomic mass is 10.1. The second-order valence-electron chi connectivity index (χ2n) is 5.97. The molecule has 1 unspecified atom stereocenters. The summed E-state index contributed by atoms with van der Waals surface area (Å²) in [4.78, 5) is 6.73. The van der Waals surface area contributed by atoms with Crippen molar-refractivity contribution in [3.05, 3.63) is 0 Å². The number of hydrogen-bond donors (Lipinski definition) is 1. The van der Waals surface area contributed by atoms with Crippen molar-refractivity contribution in [1.29, 1.82) is 0 Å². The fourth-order valence-electron chi connectivity index (χ4n) is 3.03. The Labute approximate surface area is 157 Å². The van der Waals surface area contributed by atoms with Crippen molar-refractivity contribution in [3.8, 4) is 0 Å². The molecule has 0 aliphatic carbocycles. The van der Waals surface area contributed by atoms with Gasteiger partial charge in [-0.1, -0.05) is 0 Å². The van der Waals surface area contributed by atoms with Crippen LogP contribution in [0.5, 0.6) is 0 Å². The summed E-state index contributed by atoms with van der Waals surface area (Å²) < 4.78 is 16.6. The van der Waals surface area contributed by atoms with E-state index in [0.717, 1.165) is 71.1 Å². The van der Waals surface area contributed by atoms with Gasteiger partial charge in [-0.05, 0) is 32.1 Å². The van der Waals surface area contributed by atoms with Gasteiger partial charge in [0.2, 0.25) is 0 Å². The van der Waals surface area contributed by atoms with Crippen molar-refractivity contribution in [3.63, 3.8) is 0 Å². The Morgan fingerprint density at radius 1 is 1.26 bits per heavy atom. The Hall–Kier alpha value is -0.120. The molecule has 1 N–H and O–H groups in total. The number of aliphatic imine (C=N–C) groups is 1. The van der Waals surface area contributed by atoms with Crippen LogP contribution in [0.1, 0.15) is 32.1 Å². The Morgan fingerprint density at radius 2 is 2.04 bits per heavy atom. The summed E-state index contributed by atoms with van der Waals surface area (Å²) in [7, 11) is 3.58. The molecule has 2 rings (SSSR count). The predicted octanol–water partition coefficient (Wildman–Crippen LogP) is 1.88. The molecule has 2 heterocycles. The van der Waals surface area contributed by atoms with Crippen molar-refractivity contribution in [2.45, 2.75) is 44.3 Å². The number of nitrogens with one attached hydrogen (secondary N) is 1. The maximum atomic E-state index is 5.90. The first-order valence-electron chi connectivity index (χ1n) is 8.51. The summed E-state index contributed by atoms with van der Waals surface area (Å²) in [6.07, 6.45) is 6.16. The van der Waals surface area contributed by atoms with Crippen LogP contribution in [0, 0.1) is 0 Å². The van der Waals surface area contributed by atoms with Gasteiger partial charge in [0.25, 0.3) is 0 Å². The van der Waals surface area contributed by atoms with Gasteiger partial charge in [0.15, 0.2) is 5.96 Å². The highest BCUT2D eigenvalue weighted by Crippen LogP contribution is 2.15. The second-order valence-corrected chi connectivity index (χ2v) is 5.97. The van der Waals surface area contributed by atoms with Gasteiger partial charge in [-0.15, -0.1) is 24.0 Å². The van der Waals surface area contributed by atoms with E-state index in [-0.39, 0.29) is 24.0 Å². The highest BCUT2D eigenvalue weighted by molar-refractivity contribution is 14.0. The Bertz CT molecular complexity index is 331. The number of likely N-dealkylation sites (tertiary alicyclic amines) is 1. The number of halogens is 1. The van der Waals surface area contributed by atoms with Gasteiger partial charge in [-0.25, -0.2) is 0 Å². The number of piperidine rings is 1. The minimum Gasteiger partial charge on any atom is -0.385 e. The lowest BCUT2D eigenvalue weighted by Gasteiger charge is -2.34. The maximum Gasteiger partial charge on any atom is 0.193 e. The molecule has 0 amide bonds. The number of ether oxygens (including phenoxy) is 3. The minimum absolute atomic E-state index is 0. The molecule has 2 fully saturated rings. The summed E-state index contributed by atoms with van der Waals surface area (Å²) >= 11 is 0. The fourth-order valence-corrected chi connectivity index (χ4v) is 3.03. The van der Waals surface area contributed by atoms with E-state index in [1.54, 1.807) is 7.11 Å². The molecule has 0 aromatic heterocycles. The van der Waals surface area contributed by atoms with Gasteiger partial charge < -0.3 is 24.4 Å². The van der Waals surface area contributed by atoms with Crippen molar-refractivity contribution in [1.82, 2.24) is 10.2 Å². The number of rotatable bonds is 7. The van der Waals surface area contributed by atoms with Crippen LogP contribution in [0.3, 0.4) is 0 Å². The summed E-state index contributed by atoms with van der Waals surface area (Å²) in [5.74, 6) is 0.994. The first-order chi connectivity index (χ1) is 10.8. The van der Waals surface area contributed by atoms with E-state index in [0.29, 0.717) is 12.2 Å². The third kappa shape index (κ3) is 7.53. The van der Waals surface area contributed by atoms with E-state index in [9.17, 15) is 0 Å². The molecule has 0 aromatic rings. The van der Waals surface area contributed by atoms with Crippen molar-refractivity contribution in [2.75, 3.05) is 53.6 Å². The van der Waals surface area contributed by atoms with Crippen molar-refractivity contribution in [2.24, 2.45) is 4.99 Å². The second kappa shape index (κ2) is 12.3. The molecule has 0 aromatic carbocycles. The Balaban J connectivity index is 0.00000264. The third-order valence-corrected chi connectivity index (χ3v) is 4.31. The van der Waals surface area contributed by atoms with Gasteiger partial charge in [-0.2, -0.15) is 0 Å². The molecule has 0 radical (unpaired) electrons. The van der Waals surface area contributed by atoms with Gasteiger partial charge in [-0.3, -0.25) is 4.99 Å². The molecule has 2 aliphatic rings. The van der Waals surface area contributed by atoms with Gasteiger partial charge >= 0.3 is 0 Å². The summed E-state index contributed by atoms with van der Waals surface area (Å²) in [6, 6.07) is 0. The zero-order valence-electron chi connectivity index (χ0n) is 14.5. The molecule has 23 heavy (non-hydrogen) atoms. The molecule has 1 atom stereocenters. The summed E-state index contributed by atoms with van der Waals surface area (Å²) in [5, 5.41) is 3.45. The Morgan fingerprint density at radius 3 is 2.65 bits per heavy atom. The lowest BCUT2D eigenvalue weighted by Crippen LogP contribution is -2.48. The topological polar surface area (TPSA) is 55.3 Å². The number of nitrogens with zero attached hydrogens (tertiary/aromatic N) is 2. The van der Waals surface area contributed by atoms with E-state index in [2.05, 4.69) is 15.2 Å². The summed E-state index contributed by atoms with van der Waals surface area (Å²) in [5.41, 5.74) is 0. The SMILES string of the molecule is CN=C(NCC1CCCO1)N1CCC(OCCCOC)CC1.I. The van der Waals surface area contributed by atoms with Gasteiger partial charge in [0.05, 0.1) is 12.2 Å².